The lowest BCUT2D eigenvalue weighted by Gasteiger charge is -2.33. The second-order valence-corrected chi connectivity index (χ2v) is 4.26. The summed E-state index contributed by atoms with van der Waals surface area (Å²) in [6.45, 7) is 0.660. The number of carbonyl (C=O) groups is 1. The summed E-state index contributed by atoms with van der Waals surface area (Å²) in [6.07, 6.45) is 2.03. The van der Waals surface area contributed by atoms with Gasteiger partial charge < -0.3 is 8.92 Å². The Morgan fingerprint density at radius 2 is 2.42 bits per heavy atom. The monoisotopic (exact) mass is 302 g/mol. The molecule has 0 bridgehead atoms. The van der Waals surface area contributed by atoms with E-state index in [1.54, 1.807) is 0 Å². The summed E-state index contributed by atoms with van der Waals surface area (Å²) in [6, 6.07) is 0. The number of esters is 1. The van der Waals surface area contributed by atoms with Crippen LogP contribution in [0.15, 0.2) is 0 Å². The first-order valence-electron chi connectivity index (χ1n) is 3.77. The van der Waals surface area contributed by atoms with Gasteiger partial charge in [0.15, 0.2) is 0 Å². The lowest BCUT2D eigenvalue weighted by molar-refractivity contribution is -0.152. The lowest BCUT2D eigenvalue weighted by atomic mass is 9.74. The standard InChI is InChI=1S/C7H11IO3S/c1-10-7(9)6-3-2-5(6)4-11-12-8/h5-6H,2-4H2,1H3/t5-,6+/m0/s1. The van der Waals surface area contributed by atoms with E-state index in [1.807, 2.05) is 0 Å². The Kier molecular flexibility index (Phi) is 4.66. The topological polar surface area (TPSA) is 35.5 Å². The Labute approximate surface area is 88.4 Å². The van der Waals surface area contributed by atoms with E-state index in [0.29, 0.717) is 12.5 Å². The third-order valence-electron chi connectivity index (χ3n) is 2.25. The van der Waals surface area contributed by atoms with Gasteiger partial charge in [-0.25, -0.2) is 0 Å². The Morgan fingerprint density at radius 1 is 1.67 bits per heavy atom. The van der Waals surface area contributed by atoms with Gasteiger partial charge in [-0.15, -0.1) is 0 Å². The van der Waals surface area contributed by atoms with Crippen LogP contribution in [-0.2, 0) is 13.7 Å². The number of ether oxygens (including phenoxy) is 1. The predicted octanol–water partition coefficient (Wildman–Crippen LogP) is 2.20. The van der Waals surface area contributed by atoms with Crippen LogP contribution < -0.4 is 0 Å². The molecule has 0 aromatic heterocycles. The highest BCUT2D eigenvalue weighted by Gasteiger charge is 2.37. The SMILES string of the molecule is COC(=O)[C@@H]1CC[C@H]1COSI. The molecule has 0 amide bonds. The van der Waals surface area contributed by atoms with Gasteiger partial charge in [-0.05, 0) is 18.8 Å². The molecule has 70 valence electrons. The summed E-state index contributed by atoms with van der Waals surface area (Å²) in [7, 11) is 2.75. The van der Waals surface area contributed by atoms with Crippen LogP contribution >= 0.6 is 30.4 Å². The molecule has 0 aromatic rings. The number of rotatable bonds is 4. The normalized spacial score (nSPS) is 27.8. The summed E-state index contributed by atoms with van der Waals surface area (Å²) in [5.41, 5.74) is 0. The summed E-state index contributed by atoms with van der Waals surface area (Å²) in [4.78, 5) is 11.1. The third-order valence-corrected chi connectivity index (χ3v) is 3.24. The van der Waals surface area contributed by atoms with Crippen LogP contribution in [0, 0.1) is 11.8 Å². The van der Waals surface area contributed by atoms with Gasteiger partial charge in [0.05, 0.1) is 28.8 Å². The number of hydrogen-bond acceptors (Lipinski definition) is 4. The van der Waals surface area contributed by atoms with Crippen molar-refractivity contribution in [2.24, 2.45) is 11.8 Å². The minimum Gasteiger partial charge on any atom is -0.469 e. The first kappa shape index (κ1) is 10.6. The molecular weight excluding hydrogens is 291 g/mol. The van der Waals surface area contributed by atoms with Crippen molar-refractivity contribution < 1.29 is 13.7 Å². The van der Waals surface area contributed by atoms with E-state index < -0.39 is 0 Å². The first-order chi connectivity index (χ1) is 5.79. The Bertz CT molecular complexity index is 165. The maximum absolute atomic E-state index is 11.1. The summed E-state index contributed by atoms with van der Waals surface area (Å²) in [5, 5.41) is 0. The van der Waals surface area contributed by atoms with E-state index in [0.717, 1.165) is 12.8 Å². The van der Waals surface area contributed by atoms with Crippen molar-refractivity contribution >= 4 is 36.4 Å². The quantitative estimate of drug-likeness (QED) is 0.453. The van der Waals surface area contributed by atoms with E-state index in [-0.39, 0.29) is 11.9 Å². The molecule has 2 atom stereocenters. The minimum absolute atomic E-state index is 0.0820. The Balaban J connectivity index is 2.24. The average Bonchev–Trinajstić information content (AvgIpc) is 2.03. The van der Waals surface area contributed by atoms with Crippen molar-refractivity contribution in [3.05, 3.63) is 0 Å². The van der Waals surface area contributed by atoms with Gasteiger partial charge in [-0.3, -0.25) is 4.79 Å². The van der Waals surface area contributed by atoms with Gasteiger partial charge in [0.25, 0.3) is 0 Å². The molecule has 1 rings (SSSR count). The van der Waals surface area contributed by atoms with Crippen LogP contribution in [0.4, 0.5) is 0 Å². The average molecular weight is 302 g/mol. The van der Waals surface area contributed by atoms with Crippen LogP contribution in [0.1, 0.15) is 12.8 Å². The van der Waals surface area contributed by atoms with Gasteiger partial charge in [-0.1, -0.05) is 0 Å². The van der Waals surface area contributed by atoms with Crippen molar-refractivity contribution in [1.29, 1.82) is 0 Å². The van der Waals surface area contributed by atoms with Crippen LogP contribution in [0.25, 0.3) is 0 Å². The molecule has 0 radical (unpaired) electrons. The number of methoxy groups -OCH3 is 1. The second-order valence-electron chi connectivity index (χ2n) is 2.81. The van der Waals surface area contributed by atoms with Gasteiger partial charge in [0.2, 0.25) is 0 Å². The third kappa shape index (κ3) is 2.50. The predicted molar refractivity (Wildman–Crippen MR) is 55.8 cm³/mol. The number of hydrogen-bond donors (Lipinski definition) is 0. The summed E-state index contributed by atoms with van der Waals surface area (Å²) in [5.74, 6) is 0.367. The smallest absolute Gasteiger partial charge is 0.309 e. The van der Waals surface area contributed by atoms with Crippen molar-refractivity contribution in [2.45, 2.75) is 12.8 Å². The van der Waals surface area contributed by atoms with E-state index in [9.17, 15) is 4.79 Å². The molecule has 5 heteroatoms. The molecule has 1 fully saturated rings. The maximum atomic E-state index is 11.1. The largest absolute Gasteiger partial charge is 0.469 e. The van der Waals surface area contributed by atoms with Crippen LogP contribution in [0.2, 0.25) is 0 Å². The molecule has 0 saturated heterocycles. The summed E-state index contributed by atoms with van der Waals surface area (Å²) >= 11 is 2.07. The fourth-order valence-corrected chi connectivity index (χ4v) is 2.01. The molecule has 0 spiro atoms. The van der Waals surface area contributed by atoms with Crippen molar-refractivity contribution in [2.75, 3.05) is 13.7 Å². The second kappa shape index (κ2) is 5.29. The zero-order chi connectivity index (χ0) is 8.97. The molecule has 1 saturated carbocycles. The van der Waals surface area contributed by atoms with Crippen molar-refractivity contribution in [3.8, 4) is 0 Å². The van der Waals surface area contributed by atoms with E-state index in [4.69, 9.17) is 4.18 Å². The van der Waals surface area contributed by atoms with Crippen molar-refractivity contribution in [1.82, 2.24) is 0 Å². The lowest BCUT2D eigenvalue weighted by Crippen LogP contribution is -2.36. The minimum atomic E-state index is -0.0895. The molecule has 1 aliphatic carbocycles. The fourth-order valence-electron chi connectivity index (χ4n) is 1.34. The Morgan fingerprint density at radius 3 is 2.83 bits per heavy atom. The molecule has 0 aromatic carbocycles. The first-order valence-corrected chi connectivity index (χ1v) is 7.06. The van der Waals surface area contributed by atoms with Crippen LogP contribution in [0.3, 0.4) is 0 Å². The highest BCUT2D eigenvalue weighted by Crippen LogP contribution is 2.36. The van der Waals surface area contributed by atoms with Crippen LogP contribution in [0.5, 0.6) is 0 Å². The molecule has 0 aliphatic heterocycles. The van der Waals surface area contributed by atoms with E-state index in [1.165, 1.54) is 16.3 Å². The highest BCUT2D eigenvalue weighted by molar-refractivity contribution is 14.2. The molecule has 1 aliphatic rings. The molecule has 3 nitrogen and oxygen atoms in total. The zero-order valence-electron chi connectivity index (χ0n) is 6.79. The number of halogens is 1. The van der Waals surface area contributed by atoms with Gasteiger partial charge in [-0.2, -0.15) is 0 Å². The molecular formula is C7H11IO3S. The zero-order valence-corrected chi connectivity index (χ0v) is 9.76. The fraction of sp³-hybridized carbons (Fsp3) is 0.857. The van der Waals surface area contributed by atoms with Crippen molar-refractivity contribution in [3.63, 3.8) is 0 Å². The van der Waals surface area contributed by atoms with Crippen LogP contribution in [-0.4, -0.2) is 19.7 Å². The number of carbonyl (C=O) groups excluding carboxylic acids is 1. The molecule has 0 N–H and O–H groups in total. The van der Waals surface area contributed by atoms with Gasteiger partial charge >= 0.3 is 5.97 Å². The van der Waals surface area contributed by atoms with Gasteiger partial charge in [0, 0.05) is 21.2 Å². The molecule has 0 unspecified atom stereocenters. The Hall–Kier alpha value is 0.510. The van der Waals surface area contributed by atoms with E-state index in [2.05, 4.69) is 25.9 Å². The summed E-state index contributed by atoms with van der Waals surface area (Å²) < 4.78 is 9.82. The maximum Gasteiger partial charge on any atom is 0.309 e. The van der Waals surface area contributed by atoms with E-state index >= 15 is 0 Å². The molecule has 12 heavy (non-hydrogen) atoms. The highest BCUT2D eigenvalue weighted by atomic mass is 127. The van der Waals surface area contributed by atoms with Gasteiger partial charge in [0.1, 0.15) is 0 Å². The molecule has 0 heterocycles.